The van der Waals surface area contributed by atoms with Gasteiger partial charge in [-0.05, 0) is 46.2 Å². The molecule has 0 aliphatic rings. The fourth-order valence-electron chi connectivity index (χ4n) is 2.93. The zero-order valence-electron chi connectivity index (χ0n) is 14.5. The summed E-state index contributed by atoms with van der Waals surface area (Å²) in [6.07, 6.45) is 0. The molecule has 116 valence electrons. The summed E-state index contributed by atoms with van der Waals surface area (Å²) in [5.74, 6) is 0. The number of fused-ring (bicyclic) bond motifs is 3. The minimum Gasteiger partial charge on any atom is -0.397 e. The molecule has 1 aromatic heterocycles. The van der Waals surface area contributed by atoms with Crippen LogP contribution in [0.2, 0.25) is 0 Å². The second-order valence-electron chi connectivity index (χ2n) is 8.37. The predicted octanol–water partition coefficient (Wildman–Crippen LogP) is 5.50. The van der Waals surface area contributed by atoms with Crippen LogP contribution in [0.1, 0.15) is 52.7 Å². The van der Waals surface area contributed by atoms with Crippen molar-refractivity contribution in [1.29, 1.82) is 0 Å². The molecular weight excluding hydrogens is 268 g/mol. The van der Waals surface area contributed by atoms with Crippen LogP contribution in [0.3, 0.4) is 0 Å². The van der Waals surface area contributed by atoms with Gasteiger partial charge in [0.15, 0.2) is 0 Å². The van der Waals surface area contributed by atoms with Gasteiger partial charge in [0.25, 0.3) is 0 Å². The fraction of sp³-hybridized carbons (Fsp3) is 0.400. The lowest BCUT2D eigenvalue weighted by Crippen LogP contribution is -2.11. The first-order valence-electron chi connectivity index (χ1n) is 7.93. The fourth-order valence-corrected chi connectivity index (χ4v) is 2.93. The summed E-state index contributed by atoms with van der Waals surface area (Å²) in [5.41, 5.74) is 12.2. The molecule has 0 bridgehead atoms. The molecule has 3 aromatic rings. The zero-order chi connectivity index (χ0) is 16.3. The zero-order valence-corrected chi connectivity index (χ0v) is 14.5. The maximum atomic E-state index is 6.31. The van der Waals surface area contributed by atoms with Crippen LogP contribution in [-0.2, 0) is 10.8 Å². The first kappa shape index (κ1) is 15.0. The lowest BCUT2D eigenvalue weighted by molar-refractivity contribution is 0.590. The van der Waals surface area contributed by atoms with Crippen molar-refractivity contribution in [2.45, 2.75) is 52.4 Å². The average molecular weight is 294 g/mol. The minimum atomic E-state index is 0.0908. The van der Waals surface area contributed by atoms with Crippen LogP contribution in [0, 0.1) is 0 Å². The first-order valence-corrected chi connectivity index (χ1v) is 7.93. The second kappa shape index (κ2) is 4.52. The molecular formula is C20H26N2. The lowest BCUT2D eigenvalue weighted by atomic mass is 9.84. The third kappa shape index (κ3) is 2.37. The van der Waals surface area contributed by atoms with Crippen LogP contribution in [0.25, 0.3) is 21.8 Å². The van der Waals surface area contributed by atoms with E-state index in [-0.39, 0.29) is 10.8 Å². The largest absolute Gasteiger partial charge is 0.397 e. The highest BCUT2D eigenvalue weighted by molar-refractivity contribution is 6.11. The highest BCUT2D eigenvalue weighted by Crippen LogP contribution is 2.36. The van der Waals surface area contributed by atoms with Crippen molar-refractivity contribution in [2.24, 2.45) is 0 Å². The van der Waals surface area contributed by atoms with Gasteiger partial charge in [0.1, 0.15) is 0 Å². The van der Waals surface area contributed by atoms with Crippen molar-refractivity contribution in [2.75, 3.05) is 5.73 Å². The molecule has 0 saturated heterocycles. The van der Waals surface area contributed by atoms with Gasteiger partial charge in [0, 0.05) is 16.3 Å². The molecule has 0 unspecified atom stereocenters. The molecule has 0 saturated carbocycles. The minimum absolute atomic E-state index is 0.0908. The van der Waals surface area contributed by atoms with Crippen molar-refractivity contribution < 1.29 is 0 Å². The summed E-state index contributed by atoms with van der Waals surface area (Å²) in [4.78, 5) is 3.48. The molecule has 3 rings (SSSR count). The summed E-state index contributed by atoms with van der Waals surface area (Å²) in [6, 6.07) is 11.1. The number of nitrogens with one attached hydrogen (secondary N) is 1. The number of aromatic nitrogens is 1. The van der Waals surface area contributed by atoms with Crippen molar-refractivity contribution >= 4 is 27.5 Å². The Kier molecular flexibility index (Phi) is 3.07. The molecule has 0 fully saturated rings. The number of nitrogens with two attached hydrogens (primary N) is 1. The van der Waals surface area contributed by atoms with E-state index in [1.54, 1.807) is 0 Å². The normalized spacial score (nSPS) is 13.2. The highest BCUT2D eigenvalue weighted by atomic mass is 14.7. The molecule has 2 nitrogen and oxygen atoms in total. The van der Waals surface area contributed by atoms with Crippen molar-refractivity contribution in [3.63, 3.8) is 0 Å². The maximum absolute atomic E-state index is 6.31. The second-order valence-corrected chi connectivity index (χ2v) is 8.37. The van der Waals surface area contributed by atoms with Crippen LogP contribution in [0.15, 0.2) is 30.3 Å². The molecule has 2 aromatic carbocycles. The number of aromatic amines is 1. The van der Waals surface area contributed by atoms with E-state index in [4.69, 9.17) is 5.73 Å². The van der Waals surface area contributed by atoms with E-state index >= 15 is 0 Å². The number of rotatable bonds is 0. The summed E-state index contributed by atoms with van der Waals surface area (Å²) < 4.78 is 0. The van der Waals surface area contributed by atoms with E-state index < -0.39 is 0 Å². The van der Waals surface area contributed by atoms with Crippen LogP contribution >= 0.6 is 0 Å². The standard InChI is InChI=1S/C20H26N2/c1-19(2,3)12-7-8-17-14(9-12)15-10-13(20(4,5)6)11-16(21)18(15)22-17/h7-11,22H,21H2,1-6H3. The van der Waals surface area contributed by atoms with Gasteiger partial charge >= 0.3 is 0 Å². The lowest BCUT2D eigenvalue weighted by Gasteiger charge is -2.20. The Labute approximate surface area is 132 Å². The predicted molar refractivity (Wildman–Crippen MR) is 97.6 cm³/mol. The van der Waals surface area contributed by atoms with Crippen LogP contribution < -0.4 is 5.73 Å². The Hall–Kier alpha value is -1.96. The van der Waals surface area contributed by atoms with E-state index in [0.29, 0.717) is 0 Å². The van der Waals surface area contributed by atoms with Gasteiger partial charge in [-0.2, -0.15) is 0 Å². The molecule has 0 amide bonds. The molecule has 3 N–H and O–H groups in total. The van der Waals surface area contributed by atoms with E-state index in [9.17, 15) is 0 Å². The highest BCUT2D eigenvalue weighted by Gasteiger charge is 2.19. The number of nitrogen functional groups attached to an aromatic ring is 1. The first-order chi connectivity index (χ1) is 10.1. The van der Waals surface area contributed by atoms with Gasteiger partial charge in [0.05, 0.1) is 11.2 Å². The topological polar surface area (TPSA) is 41.8 Å². The van der Waals surface area contributed by atoms with Crippen molar-refractivity contribution in [1.82, 2.24) is 4.98 Å². The summed E-state index contributed by atoms with van der Waals surface area (Å²) in [7, 11) is 0. The Balaban J connectivity index is 2.37. The number of hydrogen-bond donors (Lipinski definition) is 2. The molecule has 0 aliphatic carbocycles. The third-order valence-corrected chi connectivity index (χ3v) is 4.47. The number of anilines is 1. The summed E-state index contributed by atoms with van der Waals surface area (Å²) >= 11 is 0. The van der Waals surface area contributed by atoms with E-state index in [2.05, 4.69) is 76.9 Å². The van der Waals surface area contributed by atoms with E-state index in [0.717, 1.165) is 16.7 Å². The van der Waals surface area contributed by atoms with Crippen LogP contribution in [0.4, 0.5) is 5.69 Å². The Bertz CT molecular complexity index is 855. The molecule has 0 aliphatic heterocycles. The van der Waals surface area contributed by atoms with E-state index in [1.165, 1.54) is 21.9 Å². The van der Waals surface area contributed by atoms with Gasteiger partial charge in [-0.1, -0.05) is 47.6 Å². The number of H-pyrrole nitrogens is 1. The monoisotopic (exact) mass is 294 g/mol. The van der Waals surface area contributed by atoms with E-state index in [1.807, 2.05) is 0 Å². The average Bonchev–Trinajstić information content (AvgIpc) is 2.75. The van der Waals surface area contributed by atoms with Crippen LogP contribution in [0.5, 0.6) is 0 Å². The number of benzene rings is 2. The van der Waals surface area contributed by atoms with Crippen LogP contribution in [-0.4, -0.2) is 4.98 Å². The maximum Gasteiger partial charge on any atom is 0.0698 e. The van der Waals surface area contributed by atoms with Gasteiger partial charge < -0.3 is 10.7 Å². The molecule has 0 atom stereocenters. The molecule has 0 spiro atoms. The van der Waals surface area contributed by atoms with Crippen molar-refractivity contribution in [3.8, 4) is 0 Å². The number of hydrogen-bond acceptors (Lipinski definition) is 1. The van der Waals surface area contributed by atoms with Gasteiger partial charge in [-0.25, -0.2) is 0 Å². The van der Waals surface area contributed by atoms with Gasteiger partial charge in [-0.3, -0.25) is 0 Å². The van der Waals surface area contributed by atoms with Crippen molar-refractivity contribution in [3.05, 3.63) is 41.5 Å². The molecule has 0 radical (unpaired) electrons. The van der Waals surface area contributed by atoms with Gasteiger partial charge in [-0.15, -0.1) is 0 Å². The van der Waals surface area contributed by atoms with Gasteiger partial charge in [0.2, 0.25) is 0 Å². The Morgan fingerprint density at radius 2 is 1.36 bits per heavy atom. The SMILES string of the molecule is CC(C)(C)c1ccc2[nH]c3c(N)cc(C(C)(C)C)cc3c2c1. The Morgan fingerprint density at radius 3 is 1.95 bits per heavy atom. The quantitative estimate of drug-likeness (QED) is 0.528. The molecule has 22 heavy (non-hydrogen) atoms. The molecule has 1 heterocycles. The smallest absolute Gasteiger partial charge is 0.0698 e. The third-order valence-electron chi connectivity index (χ3n) is 4.47. The summed E-state index contributed by atoms with van der Waals surface area (Å²) in [6.45, 7) is 13.4. The Morgan fingerprint density at radius 1 is 0.773 bits per heavy atom. The molecule has 2 heteroatoms. The summed E-state index contributed by atoms with van der Waals surface area (Å²) in [5, 5.41) is 2.49.